The van der Waals surface area contributed by atoms with Crippen molar-refractivity contribution in [3.8, 4) is 5.82 Å². The van der Waals surface area contributed by atoms with Crippen molar-refractivity contribution >= 4 is 17.6 Å². The van der Waals surface area contributed by atoms with Crippen molar-refractivity contribution in [2.45, 2.75) is 11.3 Å². The van der Waals surface area contributed by atoms with Crippen LogP contribution in [0.3, 0.4) is 0 Å². The van der Waals surface area contributed by atoms with Gasteiger partial charge in [-0.25, -0.2) is 14.6 Å². The first-order valence-electron chi connectivity index (χ1n) is 5.17. The van der Waals surface area contributed by atoms with Gasteiger partial charge in [-0.15, -0.1) is 0 Å². The van der Waals surface area contributed by atoms with Crippen LogP contribution in [0.5, 0.6) is 0 Å². The molecule has 0 unspecified atom stereocenters. The molecular formula is C10H10F3N5S. The highest BCUT2D eigenvalue weighted by molar-refractivity contribution is 7.98. The molecule has 2 aromatic heterocycles. The van der Waals surface area contributed by atoms with E-state index in [9.17, 15) is 13.2 Å². The second kappa shape index (κ2) is 5.08. The minimum Gasteiger partial charge on any atom is -0.373 e. The van der Waals surface area contributed by atoms with Crippen LogP contribution in [0.2, 0.25) is 0 Å². The SMILES string of the molecule is CNc1cc(-n2cc(C(F)(F)F)cn2)nc(SC)n1. The van der Waals surface area contributed by atoms with Gasteiger partial charge in [0.25, 0.3) is 0 Å². The van der Waals surface area contributed by atoms with Gasteiger partial charge in [-0.05, 0) is 6.26 Å². The number of rotatable bonds is 3. The molecule has 0 amide bonds. The maximum absolute atomic E-state index is 12.5. The van der Waals surface area contributed by atoms with E-state index < -0.39 is 11.7 Å². The van der Waals surface area contributed by atoms with E-state index >= 15 is 0 Å². The quantitative estimate of drug-likeness (QED) is 0.695. The summed E-state index contributed by atoms with van der Waals surface area (Å²) in [5.41, 5.74) is -0.817. The predicted molar refractivity (Wildman–Crippen MR) is 65.5 cm³/mol. The Morgan fingerprint density at radius 2 is 2.05 bits per heavy atom. The first-order valence-corrected chi connectivity index (χ1v) is 6.39. The molecule has 0 aliphatic rings. The number of halogens is 3. The monoisotopic (exact) mass is 289 g/mol. The predicted octanol–water partition coefficient (Wildman–Crippen LogP) is 2.44. The van der Waals surface area contributed by atoms with Crippen LogP contribution in [-0.2, 0) is 6.18 Å². The maximum Gasteiger partial charge on any atom is 0.419 e. The molecular weight excluding hydrogens is 279 g/mol. The van der Waals surface area contributed by atoms with Crippen molar-refractivity contribution in [3.05, 3.63) is 24.0 Å². The molecule has 0 saturated heterocycles. The summed E-state index contributed by atoms with van der Waals surface area (Å²) in [7, 11) is 1.67. The van der Waals surface area contributed by atoms with E-state index in [0.717, 1.165) is 17.1 Å². The zero-order valence-corrected chi connectivity index (χ0v) is 10.9. The van der Waals surface area contributed by atoms with Gasteiger partial charge >= 0.3 is 6.18 Å². The van der Waals surface area contributed by atoms with Gasteiger partial charge in [-0.2, -0.15) is 18.3 Å². The molecule has 2 rings (SSSR count). The van der Waals surface area contributed by atoms with Crippen LogP contribution >= 0.6 is 11.8 Å². The fourth-order valence-electron chi connectivity index (χ4n) is 1.34. The molecule has 0 aromatic carbocycles. The largest absolute Gasteiger partial charge is 0.419 e. The Kier molecular flexibility index (Phi) is 3.65. The Balaban J connectivity index is 2.43. The van der Waals surface area contributed by atoms with E-state index in [4.69, 9.17) is 0 Å². The number of hydrogen-bond donors (Lipinski definition) is 1. The van der Waals surface area contributed by atoms with E-state index in [1.54, 1.807) is 13.3 Å². The summed E-state index contributed by atoms with van der Waals surface area (Å²) in [6, 6.07) is 1.52. The summed E-state index contributed by atoms with van der Waals surface area (Å²) in [5, 5.41) is 6.94. The third kappa shape index (κ3) is 2.98. The highest BCUT2D eigenvalue weighted by atomic mass is 32.2. The van der Waals surface area contributed by atoms with Crippen LogP contribution in [0, 0.1) is 0 Å². The molecule has 2 aromatic rings. The van der Waals surface area contributed by atoms with E-state index in [1.165, 1.54) is 17.8 Å². The van der Waals surface area contributed by atoms with Gasteiger partial charge in [0.15, 0.2) is 11.0 Å². The summed E-state index contributed by atoms with van der Waals surface area (Å²) in [4.78, 5) is 8.24. The lowest BCUT2D eigenvalue weighted by Gasteiger charge is -2.06. The lowest BCUT2D eigenvalue weighted by molar-refractivity contribution is -0.137. The lowest BCUT2D eigenvalue weighted by atomic mass is 10.3. The smallest absolute Gasteiger partial charge is 0.373 e. The van der Waals surface area contributed by atoms with Crippen molar-refractivity contribution in [2.75, 3.05) is 18.6 Å². The van der Waals surface area contributed by atoms with E-state index in [0.29, 0.717) is 11.0 Å². The van der Waals surface area contributed by atoms with Gasteiger partial charge in [0, 0.05) is 19.3 Å². The van der Waals surface area contributed by atoms with Gasteiger partial charge < -0.3 is 5.32 Å². The topological polar surface area (TPSA) is 55.6 Å². The molecule has 0 atom stereocenters. The minimum atomic E-state index is -4.42. The Bertz CT molecular complexity index is 559. The summed E-state index contributed by atoms with van der Waals surface area (Å²) >= 11 is 1.29. The van der Waals surface area contributed by atoms with E-state index in [1.807, 2.05) is 0 Å². The standard InChI is InChI=1S/C10H10F3N5S/c1-14-7-3-8(17-9(16-7)19-2)18-5-6(4-15-18)10(11,12)13/h3-5H,1-2H3,(H,14,16,17). The van der Waals surface area contributed by atoms with Crippen LogP contribution in [0.15, 0.2) is 23.6 Å². The van der Waals surface area contributed by atoms with Crippen molar-refractivity contribution in [1.82, 2.24) is 19.7 Å². The zero-order chi connectivity index (χ0) is 14.0. The van der Waals surface area contributed by atoms with Crippen LogP contribution in [0.25, 0.3) is 5.82 Å². The second-order valence-corrected chi connectivity index (χ2v) is 4.29. The Morgan fingerprint density at radius 1 is 1.32 bits per heavy atom. The van der Waals surface area contributed by atoms with Gasteiger partial charge in [0.2, 0.25) is 0 Å². The minimum absolute atomic E-state index is 0.277. The molecule has 0 aliphatic carbocycles. The number of anilines is 1. The molecule has 9 heteroatoms. The number of aromatic nitrogens is 4. The summed E-state index contributed by atoms with van der Waals surface area (Å²) in [5.74, 6) is 0.789. The summed E-state index contributed by atoms with van der Waals surface area (Å²) in [6.07, 6.45) is -0.978. The third-order valence-corrected chi connectivity index (χ3v) is 2.82. The van der Waals surface area contributed by atoms with E-state index in [2.05, 4.69) is 20.4 Å². The molecule has 0 saturated carbocycles. The molecule has 102 valence electrons. The summed E-state index contributed by atoms with van der Waals surface area (Å²) in [6.45, 7) is 0. The van der Waals surface area contributed by atoms with Gasteiger partial charge in [-0.3, -0.25) is 0 Å². The number of nitrogens with zero attached hydrogens (tertiary/aromatic N) is 4. The lowest BCUT2D eigenvalue weighted by Crippen LogP contribution is -2.05. The first-order chi connectivity index (χ1) is 8.94. The Labute approximate surface area is 111 Å². The average molecular weight is 289 g/mol. The van der Waals surface area contributed by atoms with Crippen molar-refractivity contribution < 1.29 is 13.2 Å². The fourth-order valence-corrected chi connectivity index (χ4v) is 1.72. The molecule has 1 N–H and O–H groups in total. The summed E-state index contributed by atoms with van der Waals surface area (Å²) < 4.78 is 38.6. The number of hydrogen-bond acceptors (Lipinski definition) is 5. The Hall–Kier alpha value is -1.77. The maximum atomic E-state index is 12.5. The highest BCUT2D eigenvalue weighted by Crippen LogP contribution is 2.29. The molecule has 0 fully saturated rings. The van der Waals surface area contributed by atoms with E-state index in [-0.39, 0.29) is 5.82 Å². The van der Waals surface area contributed by atoms with Gasteiger partial charge in [0.1, 0.15) is 5.82 Å². The molecule has 0 radical (unpaired) electrons. The normalized spacial score (nSPS) is 11.6. The third-order valence-electron chi connectivity index (χ3n) is 2.28. The molecule has 2 heterocycles. The zero-order valence-electron chi connectivity index (χ0n) is 10.1. The molecule has 0 bridgehead atoms. The number of nitrogens with one attached hydrogen (secondary N) is 1. The number of alkyl halides is 3. The van der Waals surface area contributed by atoms with Crippen molar-refractivity contribution in [3.63, 3.8) is 0 Å². The Morgan fingerprint density at radius 3 is 2.58 bits per heavy atom. The van der Waals surface area contributed by atoms with Crippen LogP contribution in [0.4, 0.5) is 19.0 Å². The molecule has 5 nitrogen and oxygen atoms in total. The highest BCUT2D eigenvalue weighted by Gasteiger charge is 2.32. The first kappa shape index (κ1) is 13.7. The van der Waals surface area contributed by atoms with Crippen molar-refractivity contribution in [2.24, 2.45) is 0 Å². The van der Waals surface area contributed by atoms with Crippen molar-refractivity contribution in [1.29, 1.82) is 0 Å². The molecule has 19 heavy (non-hydrogen) atoms. The van der Waals surface area contributed by atoms with Crippen LogP contribution in [-0.4, -0.2) is 33.1 Å². The second-order valence-electron chi connectivity index (χ2n) is 3.52. The van der Waals surface area contributed by atoms with Crippen LogP contribution in [0.1, 0.15) is 5.56 Å². The van der Waals surface area contributed by atoms with Crippen LogP contribution < -0.4 is 5.32 Å². The average Bonchev–Trinajstić information content (AvgIpc) is 2.87. The molecule has 0 spiro atoms. The van der Waals surface area contributed by atoms with Gasteiger partial charge in [0.05, 0.1) is 11.8 Å². The number of thioether (sulfide) groups is 1. The molecule has 0 aliphatic heterocycles. The fraction of sp³-hybridized carbons (Fsp3) is 0.300. The van der Waals surface area contributed by atoms with Gasteiger partial charge in [-0.1, -0.05) is 11.8 Å².